The fourth-order valence-electron chi connectivity index (χ4n) is 6.18. The lowest BCUT2D eigenvalue weighted by Gasteiger charge is -2.59. The standard InChI is InChI=1S/C20H27N3O3/c1-12(20-9-13-5-14(10-20)7-15(6-13)11-20)22-19(24)16-3-4-17(21-2)18(8-16)23(25)26/h3-4,8,12-15,21H,5-7,9-11H2,1-2H3,(H,22,24)/t12-,13?,14?,15?,20?/m1/s1. The van der Waals surface area contributed by atoms with Crippen molar-refractivity contribution in [2.75, 3.05) is 12.4 Å². The largest absolute Gasteiger partial charge is 0.383 e. The van der Waals surface area contributed by atoms with Gasteiger partial charge in [0.15, 0.2) is 0 Å². The molecule has 0 aliphatic heterocycles. The van der Waals surface area contributed by atoms with Gasteiger partial charge >= 0.3 is 0 Å². The number of carbonyl (C=O) groups excluding carboxylic acids is 1. The number of hydrogen-bond donors (Lipinski definition) is 2. The third kappa shape index (κ3) is 2.85. The lowest BCUT2D eigenvalue weighted by atomic mass is 9.48. The quantitative estimate of drug-likeness (QED) is 0.617. The monoisotopic (exact) mass is 357 g/mol. The first-order valence-electron chi connectivity index (χ1n) is 9.67. The Kier molecular flexibility index (Phi) is 4.16. The molecule has 4 saturated carbocycles. The number of amides is 1. The number of hydrogen-bond acceptors (Lipinski definition) is 4. The number of carbonyl (C=O) groups is 1. The average molecular weight is 357 g/mol. The van der Waals surface area contributed by atoms with Gasteiger partial charge in [-0.05, 0) is 80.8 Å². The SMILES string of the molecule is CNc1ccc(C(=O)N[C@H](C)C23CC4CC(CC(C4)C2)C3)cc1[N+](=O)[O-]. The van der Waals surface area contributed by atoms with Crippen LogP contribution in [0.25, 0.3) is 0 Å². The summed E-state index contributed by atoms with van der Waals surface area (Å²) in [6, 6.07) is 4.72. The predicted octanol–water partition coefficient (Wildman–Crippen LogP) is 3.97. The van der Waals surface area contributed by atoms with E-state index in [0.29, 0.717) is 11.3 Å². The minimum absolute atomic E-state index is 0.0670. The summed E-state index contributed by atoms with van der Waals surface area (Å²) in [4.78, 5) is 23.6. The highest BCUT2D eigenvalue weighted by Gasteiger charge is 2.53. The van der Waals surface area contributed by atoms with Crippen molar-refractivity contribution in [3.63, 3.8) is 0 Å². The number of anilines is 1. The first-order chi connectivity index (χ1) is 12.4. The second-order valence-electron chi connectivity index (χ2n) is 8.71. The van der Waals surface area contributed by atoms with Crippen LogP contribution in [0.3, 0.4) is 0 Å². The number of rotatable bonds is 5. The van der Waals surface area contributed by atoms with Crippen molar-refractivity contribution in [2.45, 2.75) is 51.5 Å². The maximum absolute atomic E-state index is 12.8. The van der Waals surface area contributed by atoms with Crippen LogP contribution in [0.15, 0.2) is 18.2 Å². The molecule has 1 aromatic rings. The molecule has 0 radical (unpaired) electrons. The van der Waals surface area contributed by atoms with Gasteiger partial charge in [-0.1, -0.05) is 0 Å². The van der Waals surface area contributed by atoms with Crippen molar-refractivity contribution in [3.05, 3.63) is 33.9 Å². The van der Waals surface area contributed by atoms with Gasteiger partial charge in [0.05, 0.1) is 4.92 Å². The Morgan fingerprint density at radius 3 is 2.27 bits per heavy atom. The van der Waals surface area contributed by atoms with E-state index in [1.165, 1.54) is 44.6 Å². The highest BCUT2D eigenvalue weighted by atomic mass is 16.6. The van der Waals surface area contributed by atoms with Crippen LogP contribution in [0.4, 0.5) is 11.4 Å². The molecule has 1 aromatic carbocycles. The number of benzene rings is 1. The van der Waals surface area contributed by atoms with Crippen LogP contribution in [0.1, 0.15) is 55.8 Å². The van der Waals surface area contributed by atoms with Crippen molar-refractivity contribution in [1.29, 1.82) is 0 Å². The van der Waals surface area contributed by atoms with Crippen LogP contribution in [0.5, 0.6) is 0 Å². The van der Waals surface area contributed by atoms with Crippen molar-refractivity contribution in [3.8, 4) is 0 Å². The summed E-state index contributed by atoms with van der Waals surface area (Å²) in [7, 11) is 1.64. The van der Waals surface area contributed by atoms with Crippen molar-refractivity contribution >= 4 is 17.3 Å². The fourth-order valence-corrected chi connectivity index (χ4v) is 6.18. The maximum Gasteiger partial charge on any atom is 0.293 e. The molecule has 1 amide bonds. The van der Waals surface area contributed by atoms with E-state index in [1.807, 2.05) is 0 Å². The summed E-state index contributed by atoms with van der Waals surface area (Å²) in [5, 5.41) is 17.2. The molecule has 4 fully saturated rings. The Balaban J connectivity index is 1.51. The first-order valence-corrected chi connectivity index (χ1v) is 9.67. The molecule has 2 N–H and O–H groups in total. The summed E-state index contributed by atoms with van der Waals surface area (Å²) in [5.41, 5.74) is 0.928. The van der Waals surface area contributed by atoms with Crippen LogP contribution < -0.4 is 10.6 Å². The van der Waals surface area contributed by atoms with E-state index in [4.69, 9.17) is 0 Å². The zero-order valence-corrected chi connectivity index (χ0v) is 15.5. The van der Waals surface area contributed by atoms with Gasteiger partial charge in [0.25, 0.3) is 11.6 Å². The number of nitro groups is 1. The van der Waals surface area contributed by atoms with Gasteiger partial charge in [0, 0.05) is 24.7 Å². The molecule has 6 heteroatoms. The number of nitrogens with zero attached hydrogens (tertiary/aromatic N) is 1. The van der Waals surface area contributed by atoms with E-state index < -0.39 is 4.92 Å². The minimum Gasteiger partial charge on any atom is -0.383 e. The van der Waals surface area contributed by atoms with Gasteiger partial charge in [-0.25, -0.2) is 0 Å². The molecule has 1 atom stereocenters. The lowest BCUT2D eigenvalue weighted by Crippen LogP contribution is -2.55. The molecule has 4 bridgehead atoms. The highest BCUT2D eigenvalue weighted by molar-refractivity contribution is 5.96. The van der Waals surface area contributed by atoms with Gasteiger partial charge in [-0.2, -0.15) is 0 Å². The Morgan fingerprint density at radius 1 is 1.19 bits per heavy atom. The van der Waals surface area contributed by atoms with Crippen LogP contribution in [0, 0.1) is 33.3 Å². The summed E-state index contributed by atoms with van der Waals surface area (Å²) in [5.74, 6) is 2.28. The van der Waals surface area contributed by atoms with Gasteiger partial charge < -0.3 is 10.6 Å². The fraction of sp³-hybridized carbons (Fsp3) is 0.650. The molecule has 140 valence electrons. The van der Waals surface area contributed by atoms with Crippen LogP contribution in [-0.2, 0) is 0 Å². The smallest absolute Gasteiger partial charge is 0.293 e. The van der Waals surface area contributed by atoms with Crippen LogP contribution >= 0.6 is 0 Å². The van der Waals surface area contributed by atoms with E-state index >= 15 is 0 Å². The van der Waals surface area contributed by atoms with Crippen molar-refractivity contribution in [2.24, 2.45) is 23.2 Å². The molecular formula is C20H27N3O3. The molecule has 0 aromatic heterocycles. The van der Waals surface area contributed by atoms with Gasteiger partial charge in [0.1, 0.15) is 5.69 Å². The number of nitrogens with one attached hydrogen (secondary N) is 2. The lowest BCUT2D eigenvalue weighted by molar-refractivity contribution is -0.384. The van der Waals surface area contributed by atoms with Crippen LogP contribution in [-0.4, -0.2) is 23.9 Å². The van der Waals surface area contributed by atoms with E-state index in [1.54, 1.807) is 19.2 Å². The normalized spacial score (nSPS) is 32.9. The molecule has 0 spiro atoms. The second-order valence-corrected chi connectivity index (χ2v) is 8.71. The van der Waals surface area contributed by atoms with Gasteiger partial charge in [0.2, 0.25) is 0 Å². The molecule has 0 saturated heterocycles. The Bertz CT molecular complexity index is 711. The van der Waals surface area contributed by atoms with E-state index in [-0.39, 0.29) is 23.1 Å². The minimum atomic E-state index is -0.453. The second kappa shape index (κ2) is 6.25. The third-order valence-corrected chi connectivity index (χ3v) is 7.08. The topological polar surface area (TPSA) is 84.3 Å². The van der Waals surface area contributed by atoms with E-state index in [9.17, 15) is 14.9 Å². The Hall–Kier alpha value is -2.11. The van der Waals surface area contributed by atoms with Crippen molar-refractivity contribution in [1.82, 2.24) is 5.32 Å². The summed E-state index contributed by atoms with van der Waals surface area (Å²) in [6.07, 6.45) is 7.78. The first kappa shape index (κ1) is 17.3. The van der Waals surface area contributed by atoms with Gasteiger partial charge in [-0.15, -0.1) is 0 Å². The average Bonchev–Trinajstić information content (AvgIpc) is 2.59. The van der Waals surface area contributed by atoms with E-state index in [2.05, 4.69) is 17.6 Å². The molecule has 26 heavy (non-hydrogen) atoms. The summed E-state index contributed by atoms with van der Waals surface area (Å²) < 4.78 is 0. The van der Waals surface area contributed by atoms with Gasteiger partial charge in [-0.3, -0.25) is 14.9 Å². The molecule has 0 unspecified atom stereocenters. The Labute approximate surface area is 153 Å². The number of nitro benzene ring substituents is 1. The predicted molar refractivity (Wildman–Crippen MR) is 100 cm³/mol. The molecule has 0 heterocycles. The van der Waals surface area contributed by atoms with Crippen LogP contribution in [0.2, 0.25) is 0 Å². The summed E-state index contributed by atoms with van der Waals surface area (Å²) in [6.45, 7) is 2.13. The van der Waals surface area contributed by atoms with Crippen molar-refractivity contribution < 1.29 is 9.72 Å². The molecule has 5 rings (SSSR count). The summed E-state index contributed by atoms with van der Waals surface area (Å²) >= 11 is 0. The molecule has 4 aliphatic carbocycles. The van der Waals surface area contributed by atoms with E-state index in [0.717, 1.165) is 17.8 Å². The molecule has 4 aliphatic rings. The zero-order chi connectivity index (χ0) is 18.5. The highest BCUT2D eigenvalue weighted by Crippen LogP contribution is 2.61. The maximum atomic E-state index is 12.8. The third-order valence-electron chi connectivity index (χ3n) is 7.08. The molecule has 6 nitrogen and oxygen atoms in total. The zero-order valence-electron chi connectivity index (χ0n) is 15.5. The Morgan fingerprint density at radius 2 is 1.77 bits per heavy atom. The molecular weight excluding hydrogens is 330 g/mol.